The van der Waals surface area contributed by atoms with Crippen molar-refractivity contribution in [2.45, 2.75) is 59.0 Å². The molecule has 1 unspecified atom stereocenters. The Morgan fingerprint density at radius 3 is 2.31 bits per heavy atom. The van der Waals surface area contributed by atoms with E-state index in [1.165, 1.54) is 11.1 Å². The molecule has 2 aromatic carbocycles. The predicted molar refractivity (Wildman–Crippen MR) is 157 cm³/mol. The molecule has 0 saturated carbocycles. The van der Waals surface area contributed by atoms with Crippen LogP contribution in [0.4, 0.5) is 0 Å². The lowest BCUT2D eigenvalue weighted by Gasteiger charge is -2.42. The first kappa shape index (κ1) is 28.9. The maximum Gasteiger partial charge on any atom is 0.223 e. The number of carbonyl (C=O) groups excluding carboxylic acids is 1. The molecule has 36 heavy (non-hydrogen) atoms. The molecular weight excluding hydrogens is 561 g/mol. The minimum Gasteiger partial charge on any atom is -0.494 e. The molecule has 1 aliphatic heterocycles. The third-order valence-electron chi connectivity index (χ3n) is 7.22. The van der Waals surface area contributed by atoms with E-state index in [9.17, 15) is 4.79 Å². The van der Waals surface area contributed by atoms with E-state index < -0.39 is 0 Å². The zero-order chi connectivity index (χ0) is 26.0. The van der Waals surface area contributed by atoms with E-state index >= 15 is 0 Å². The molecular formula is C30H45IN3O2+. The van der Waals surface area contributed by atoms with Gasteiger partial charge in [-0.3, -0.25) is 4.79 Å². The quantitative estimate of drug-likeness (QED) is 0.270. The van der Waals surface area contributed by atoms with Gasteiger partial charge in [-0.1, -0.05) is 85.8 Å². The van der Waals surface area contributed by atoms with E-state index in [4.69, 9.17) is 4.74 Å². The van der Waals surface area contributed by atoms with Gasteiger partial charge in [0.15, 0.2) is 0 Å². The van der Waals surface area contributed by atoms with E-state index in [2.05, 4.69) is 101 Å². The molecule has 2 aromatic rings. The number of ether oxygens (including phenoxy) is 1. The monoisotopic (exact) mass is 606 g/mol. The molecule has 6 heteroatoms. The van der Waals surface area contributed by atoms with Crippen molar-refractivity contribution in [2.75, 3.05) is 37.2 Å². The first-order valence-electron chi connectivity index (χ1n) is 13.5. The van der Waals surface area contributed by atoms with Crippen LogP contribution in [0.3, 0.4) is 0 Å². The number of hydrogen-bond donors (Lipinski definition) is 2. The highest BCUT2D eigenvalue weighted by molar-refractivity contribution is 14.1. The average molecular weight is 607 g/mol. The molecule has 1 saturated heterocycles. The van der Waals surface area contributed by atoms with Gasteiger partial charge in [0, 0.05) is 30.0 Å². The third kappa shape index (κ3) is 8.45. The number of quaternary nitrogens is 1. The highest BCUT2D eigenvalue weighted by Crippen LogP contribution is 2.29. The Balaban J connectivity index is 1.82. The van der Waals surface area contributed by atoms with Gasteiger partial charge in [0.2, 0.25) is 5.91 Å². The summed E-state index contributed by atoms with van der Waals surface area (Å²) in [6.45, 7) is 13.3. The van der Waals surface area contributed by atoms with Crippen molar-refractivity contribution in [3.05, 3.63) is 65.7 Å². The van der Waals surface area contributed by atoms with Gasteiger partial charge in [-0.05, 0) is 54.4 Å². The zero-order valence-corrected chi connectivity index (χ0v) is 24.7. The van der Waals surface area contributed by atoms with Gasteiger partial charge < -0.3 is 20.3 Å². The van der Waals surface area contributed by atoms with Crippen molar-refractivity contribution < 1.29 is 14.8 Å². The summed E-state index contributed by atoms with van der Waals surface area (Å²) in [5.74, 6) is 1.73. The number of nitrogens with one attached hydrogen (secondary N) is 1. The zero-order valence-electron chi connectivity index (χ0n) is 22.5. The summed E-state index contributed by atoms with van der Waals surface area (Å²) < 4.78 is 6.61. The van der Waals surface area contributed by atoms with Gasteiger partial charge in [0.1, 0.15) is 5.75 Å². The van der Waals surface area contributed by atoms with Crippen LogP contribution in [0.15, 0.2) is 54.6 Å². The molecule has 1 amide bonds. The lowest BCUT2D eigenvalue weighted by Crippen LogP contribution is -2.86. The number of hydrogen-bond acceptors (Lipinski definition) is 3. The second-order valence-corrected chi connectivity index (χ2v) is 12.0. The van der Waals surface area contributed by atoms with Crippen LogP contribution in [0.1, 0.15) is 64.1 Å². The molecule has 1 aliphatic rings. The highest BCUT2D eigenvalue weighted by Gasteiger charge is 2.34. The number of amides is 1. The first-order valence-corrected chi connectivity index (χ1v) is 15.0. The van der Waals surface area contributed by atoms with Gasteiger partial charge in [0.25, 0.3) is 0 Å². The van der Waals surface area contributed by atoms with Crippen molar-refractivity contribution in [1.82, 2.24) is 10.2 Å². The molecule has 3 N–H and O–H groups in total. The van der Waals surface area contributed by atoms with Crippen LogP contribution in [-0.4, -0.2) is 54.1 Å². The molecule has 3 rings (SSSR count). The summed E-state index contributed by atoms with van der Waals surface area (Å²) in [4.78, 5) is 15.8. The Hall–Kier alpha value is -1.64. The Bertz CT molecular complexity index is 908. The number of nitrogens with two attached hydrogens (primary N) is 1. The molecule has 0 aromatic heterocycles. The van der Waals surface area contributed by atoms with Crippen molar-refractivity contribution in [3.63, 3.8) is 0 Å². The Labute approximate surface area is 231 Å². The molecule has 198 valence electrons. The number of benzene rings is 2. The molecule has 0 bridgehead atoms. The third-order valence-corrected chi connectivity index (χ3v) is 7.70. The van der Waals surface area contributed by atoms with Gasteiger partial charge in [-0.2, -0.15) is 0 Å². The van der Waals surface area contributed by atoms with Crippen LogP contribution >= 0.6 is 22.6 Å². The number of piperidine rings is 1. The van der Waals surface area contributed by atoms with Gasteiger partial charge in [-0.15, -0.1) is 0 Å². The predicted octanol–water partition coefficient (Wildman–Crippen LogP) is 4.81. The molecule has 0 aliphatic carbocycles. The van der Waals surface area contributed by atoms with Crippen LogP contribution in [0.2, 0.25) is 0 Å². The summed E-state index contributed by atoms with van der Waals surface area (Å²) in [5, 5.41) is 6.24. The van der Waals surface area contributed by atoms with Gasteiger partial charge in [-0.25, -0.2) is 0 Å². The highest BCUT2D eigenvalue weighted by atomic mass is 127. The Kier molecular flexibility index (Phi) is 11.5. The van der Waals surface area contributed by atoms with Crippen LogP contribution < -0.4 is 15.4 Å². The molecule has 1 heterocycles. The second kappa shape index (κ2) is 14.3. The van der Waals surface area contributed by atoms with E-state index in [-0.39, 0.29) is 17.5 Å². The normalized spacial score (nSPS) is 16.4. The SMILES string of the molecule is CCOc1ccc(C(NC[C@@H](N(CCI)C(=O)CC2CC[NH2+]CC2)C(C)(C)C)c2ccccc2)cc1. The van der Waals surface area contributed by atoms with Crippen LogP contribution in [0.5, 0.6) is 5.75 Å². The van der Waals surface area contributed by atoms with Gasteiger partial charge >= 0.3 is 0 Å². The van der Waals surface area contributed by atoms with E-state index in [1.807, 2.05) is 19.1 Å². The summed E-state index contributed by atoms with van der Waals surface area (Å²) in [5.41, 5.74) is 2.37. The van der Waals surface area contributed by atoms with Crippen LogP contribution in [-0.2, 0) is 4.79 Å². The summed E-state index contributed by atoms with van der Waals surface area (Å²) in [6, 6.07) is 19.1. The van der Waals surface area contributed by atoms with E-state index in [0.29, 0.717) is 24.9 Å². The minimum absolute atomic E-state index is 0.0390. The second-order valence-electron chi connectivity index (χ2n) is 10.9. The molecule has 5 nitrogen and oxygen atoms in total. The topological polar surface area (TPSA) is 58.2 Å². The average Bonchev–Trinajstić information content (AvgIpc) is 2.87. The Morgan fingerprint density at radius 1 is 1.08 bits per heavy atom. The number of nitrogens with zero attached hydrogens (tertiary/aromatic N) is 1. The summed E-state index contributed by atoms with van der Waals surface area (Å²) >= 11 is 2.41. The molecule has 0 spiro atoms. The largest absolute Gasteiger partial charge is 0.494 e. The van der Waals surface area contributed by atoms with Crippen LogP contribution in [0.25, 0.3) is 0 Å². The minimum atomic E-state index is -0.0468. The van der Waals surface area contributed by atoms with E-state index in [1.54, 1.807) is 0 Å². The van der Waals surface area contributed by atoms with E-state index in [0.717, 1.165) is 49.2 Å². The number of rotatable bonds is 12. The lowest BCUT2D eigenvalue weighted by molar-refractivity contribution is -0.664. The fourth-order valence-electron chi connectivity index (χ4n) is 5.22. The molecule has 2 atom stereocenters. The number of halogens is 1. The van der Waals surface area contributed by atoms with Crippen molar-refractivity contribution in [2.24, 2.45) is 11.3 Å². The lowest BCUT2D eigenvalue weighted by atomic mass is 9.84. The molecule has 0 radical (unpaired) electrons. The summed E-state index contributed by atoms with van der Waals surface area (Å²) in [7, 11) is 0. The fourth-order valence-corrected chi connectivity index (χ4v) is 5.74. The standard InChI is InChI=1S/C30H44IN3O2/c1-5-36-26-13-11-25(12-14-26)29(24-9-7-6-8-10-24)33-22-27(30(2,3)4)34(20-17-31)28(35)21-23-15-18-32-19-16-23/h6-14,23,27,29,32-33H,5,15-22H2,1-4H3/p+1/t27-,29?/m1/s1. The van der Waals surface area contributed by atoms with Crippen molar-refractivity contribution in [1.29, 1.82) is 0 Å². The fraction of sp³-hybridized carbons (Fsp3) is 0.567. The van der Waals surface area contributed by atoms with Crippen molar-refractivity contribution >= 4 is 28.5 Å². The summed E-state index contributed by atoms with van der Waals surface area (Å²) in [6.07, 6.45) is 2.98. The van der Waals surface area contributed by atoms with Crippen LogP contribution in [0, 0.1) is 11.3 Å². The number of carbonyl (C=O) groups is 1. The Morgan fingerprint density at radius 2 is 1.72 bits per heavy atom. The van der Waals surface area contributed by atoms with Gasteiger partial charge in [0.05, 0.1) is 25.7 Å². The van der Waals surface area contributed by atoms with Crippen molar-refractivity contribution in [3.8, 4) is 5.75 Å². The maximum atomic E-state index is 13.6. The first-order chi connectivity index (χ1) is 17.3. The number of alkyl halides is 1. The maximum absolute atomic E-state index is 13.6. The smallest absolute Gasteiger partial charge is 0.223 e. The molecule has 1 fully saturated rings.